The summed E-state index contributed by atoms with van der Waals surface area (Å²) in [5.74, 6) is 0.0562. The van der Waals surface area contributed by atoms with Gasteiger partial charge in [-0.3, -0.25) is 9.78 Å². The molecule has 0 unspecified atom stereocenters. The fourth-order valence-electron chi connectivity index (χ4n) is 4.28. The Morgan fingerprint density at radius 2 is 1.91 bits per heavy atom. The van der Waals surface area contributed by atoms with Crippen LogP contribution in [0.1, 0.15) is 57.7 Å². The molecule has 1 aromatic carbocycles. The van der Waals surface area contributed by atoms with E-state index in [4.69, 9.17) is 10.5 Å². The molecule has 0 saturated heterocycles. The van der Waals surface area contributed by atoms with Gasteiger partial charge in [-0.15, -0.1) is 0 Å². The maximum absolute atomic E-state index is 13.8. The lowest BCUT2D eigenvalue weighted by molar-refractivity contribution is -0.139. The Morgan fingerprint density at radius 1 is 1.22 bits per heavy atom. The molecule has 5 nitrogen and oxygen atoms in total. The van der Waals surface area contributed by atoms with Gasteiger partial charge in [-0.05, 0) is 73.9 Å². The van der Waals surface area contributed by atoms with Crippen molar-refractivity contribution in [1.29, 1.82) is 0 Å². The molecule has 1 atom stereocenters. The van der Waals surface area contributed by atoms with Crippen molar-refractivity contribution in [2.24, 2.45) is 11.7 Å². The third-order valence-electron chi connectivity index (χ3n) is 5.84. The Morgan fingerprint density at radius 3 is 2.47 bits per heavy atom. The minimum absolute atomic E-state index is 0.0209. The summed E-state index contributed by atoms with van der Waals surface area (Å²) < 4.78 is 47.1. The van der Waals surface area contributed by atoms with Gasteiger partial charge in [0.25, 0.3) is 0 Å². The molecular formula is C24H30F3N3O2. The number of alkyl halides is 3. The van der Waals surface area contributed by atoms with Crippen molar-refractivity contribution in [3.8, 4) is 16.9 Å². The van der Waals surface area contributed by atoms with Crippen LogP contribution in [0.3, 0.4) is 0 Å². The second kappa shape index (κ2) is 9.10. The summed E-state index contributed by atoms with van der Waals surface area (Å²) in [6, 6.07) is 7.43. The fourth-order valence-corrected chi connectivity index (χ4v) is 4.28. The summed E-state index contributed by atoms with van der Waals surface area (Å²) in [7, 11) is 0. The second-order valence-electron chi connectivity index (χ2n) is 9.38. The van der Waals surface area contributed by atoms with Crippen LogP contribution in [0.25, 0.3) is 11.1 Å². The highest BCUT2D eigenvalue weighted by Gasteiger charge is 2.40. The van der Waals surface area contributed by atoms with Gasteiger partial charge in [-0.25, -0.2) is 0 Å². The number of carbonyl (C=O) groups is 1. The molecule has 1 heterocycles. The molecule has 174 valence electrons. The van der Waals surface area contributed by atoms with Crippen LogP contribution in [-0.2, 0) is 16.5 Å². The van der Waals surface area contributed by atoms with E-state index in [1.807, 2.05) is 13.8 Å². The average Bonchev–Trinajstić information content (AvgIpc) is 2.67. The number of hydrogen-bond acceptors (Lipinski definition) is 4. The molecule has 2 aromatic rings. The maximum atomic E-state index is 13.8. The highest BCUT2D eigenvalue weighted by molar-refractivity contribution is 5.67. The van der Waals surface area contributed by atoms with E-state index in [1.54, 1.807) is 31.3 Å². The molecule has 1 amide bonds. The standard InChI is InChI=1S/C24H30F3N3O2/c1-16(2)13-22(3,28)14-32-20-6-5-17(11-19(20)24(25,26)27)18-7-10-29-21(12-18)23(30-15-31)8-4-9-23/h5-7,10-12,15-16H,4,8-9,13-14,28H2,1-3H3,(H,30,31)/t22-/m0/s1. The zero-order valence-electron chi connectivity index (χ0n) is 18.6. The first-order valence-corrected chi connectivity index (χ1v) is 10.8. The Labute approximate surface area is 186 Å². The smallest absolute Gasteiger partial charge is 0.419 e. The molecule has 1 aliphatic rings. The van der Waals surface area contributed by atoms with E-state index in [-0.39, 0.29) is 12.4 Å². The van der Waals surface area contributed by atoms with Gasteiger partial charge in [-0.2, -0.15) is 13.2 Å². The van der Waals surface area contributed by atoms with Gasteiger partial charge in [0.1, 0.15) is 12.4 Å². The van der Waals surface area contributed by atoms with Gasteiger partial charge in [0.15, 0.2) is 0 Å². The number of carbonyl (C=O) groups excluding carboxylic acids is 1. The summed E-state index contributed by atoms with van der Waals surface area (Å²) >= 11 is 0. The minimum Gasteiger partial charge on any atom is -0.491 e. The molecule has 1 saturated carbocycles. The topological polar surface area (TPSA) is 77.2 Å². The molecule has 0 spiro atoms. The van der Waals surface area contributed by atoms with E-state index in [0.29, 0.717) is 35.6 Å². The summed E-state index contributed by atoms with van der Waals surface area (Å²) in [5, 5.41) is 2.82. The molecule has 32 heavy (non-hydrogen) atoms. The van der Waals surface area contributed by atoms with Gasteiger partial charge >= 0.3 is 6.18 Å². The van der Waals surface area contributed by atoms with Gasteiger partial charge in [0.05, 0.1) is 16.8 Å². The van der Waals surface area contributed by atoms with Gasteiger partial charge in [0.2, 0.25) is 6.41 Å². The first kappa shape index (κ1) is 24.0. The van der Waals surface area contributed by atoms with Crippen LogP contribution in [0.5, 0.6) is 5.75 Å². The molecule has 0 aliphatic heterocycles. The minimum atomic E-state index is -4.58. The van der Waals surface area contributed by atoms with Crippen LogP contribution < -0.4 is 15.8 Å². The molecule has 8 heteroatoms. The lowest BCUT2D eigenvalue weighted by Crippen LogP contribution is -2.48. The number of halogens is 3. The predicted octanol–water partition coefficient (Wildman–Crippen LogP) is 5.03. The Balaban J connectivity index is 1.91. The van der Waals surface area contributed by atoms with Gasteiger partial charge in [0, 0.05) is 11.7 Å². The van der Waals surface area contributed by atoms with Crippen LogP contribution in [-0.4, -0.2) is 23.5 Å². The van der Waals surface area contributed by atoms with E-state index < -0.39 is 22.8 Å². The third kappa shape index (κ3) is 5.41. The maximum Gasteiger partial charge on any atom is 0.419 e. The van der Waals surface area contributed by atoms with E-state index in [1.165, 1.54) is 6.07 Å². The van der Waals surface area contributed by atoms with Gasteiger partial charge in [-0.1, -0.05) is 19.9 Å². The molecule has 3 rings (SSSR count). The lowest BCUT2D eigenvalue weighted by atomic mass is 9.74. The predicted molar refractivity (Wildman–Crippen MR) is 117 cm³/mol. The number of rotatable bonds is 9. The van der Waals surface area contributed by atoms with Crippen molar-refractivity contribution in [3.05, 3.63) is 47.8 Å². The number of benzene rings is 1. The average molecular weight is 450 g/mol. The van der Waals surface area contributed by atoms with E-state index in [9.17, 15) is 18.0 Å². The number of pyridine rings is 1. The molecule has 3 N–H and O–H groups in total. The largest absolute Gasteiger partial charge is 0.491 e. The summed E-state index contributed by atoms with van der Waals surface area (Å²) in [5.41, 5.74) is 5.70. The highest BCUT2D eigenvalue weighted by atomic mass is 19.4. The quantitative estimate of drug-likeness (QED) is 0.526. The van der Waals surface area contributed by atoms with Crippen molar-refractivity contribution >= 4 is 6.41 Å². The zero-order chi connectivity index (χ0) is 23.6. The number of aromatic nitrogens is 1. The van der Waals surface area contributed by atoms with Crippen LogP contribution in [0.2, 0.25) is 0 Å². The number of nitrogens with one attached hydrogen (secondary N) is 1. The summed E-state index contributed by atoms with van der Waals surface area (Å²) in [6.07, 6.45) is 0.690. The molecule has 1 fully saturated rings. The van der Waals surface area contributed by atoms with E-state index in [0.717, 1.165) is 25.3 Å². The van der Waals surface area contributed by atoms with Crippen molar-refractivity contribution in [2.45, 2.75) is 63.7 Å². The van der Waals surface area contributed by atoms with Crippen molar-refractivity contribution in [2.75, 3.05) is 6.61 Å². The number of hydrogen-bond donors (Lipinski definition) is 2. The van der Waals surface area contributed by atoms with Crippen LogP contribution in [0.4, 0.5) is 13.2 Å². The Kier molecular flexibility index (Phi) is 6.83. The first-order valence-electron chi connectivity index (χ1n) is 10.8. The monoisotopic (exact) mass is 449 g/mol. The van der Waals surface area contributed by atoms with Crippen LogP contribution in [0.15, 0.2) is 36.5 Å². The van der Waals surface area contributed by atoms with Gasteiger partial charge < -0.3 is 15.8 Å². The molecule has 0 bridgehead atoms. The number of nitrogens with zero attached hydrogens (tertiary/aromatic N) is 1. The number of amides is 1. The SMILES string of the molecule is CC(C)C[C@](C)(N)COc1ccc(-c2ccnc(C3(NC=O)CCC3)c2)cc1C(F)(F)F. The van der Waals surface area contributed by atoms with Crippen molar-refractivity contribution in [1.82, 2.24) is 10.3 Å². The second-order valence-corrected chi connectivity index (χ2v) is 9.38. The Hall–Kier alpha value is -2.61. The lowest BCUT2D eigenvalue weighted by Gasteiger charge is -2.41. The first-order chi connectivity index (χ1) is 15.0. The van der Waals surface area contributed by atoms with E-state index >= 15 is 0 Å². The third-order valence-corrected chi connectivity index (χ3v) is 5.84. The summed E-state index contributed by atoms with van der Waals surface area (Å²) in [6.45, 7) is 5.76. The molecule has 1 aliphatic carbocycles. The number of nitrogens with two attached hydrogens (primary N) is 1. The molecular weight excluding hydrogens is 419 g/mol. The van der Waals surface area contributed by atoms with Crippen molar-refractivity contribution in [3.63, 3.8) is 0 Å². The molecule has 0 radical (unpaired) electrons. The molecule has 1 aromatic heterocycles. The van der Waals surface area contributed by atoms with Crippen LogP contribution >= 0.6 is 0 Å². The fraction of sp³-hybridized carbons (Fsp3) is 0.500. The van der Waals surface area contributed by atoms with E-state index in [2.05, 4.69) is 10.3 Å². The Bertz CT molecular complexity index is 954. The highest BCUT2D eigenvalue weighted by Crippen LogP contribution is 2.42. The zero-order valence-corrected chi connectivity index (χ0v) is 18.6. The van der Waals surface area contributed by atoms with Crippen LogP contribution in [0, 0.1) is 5.92 Å². The normalized spacial score (nSPS) is 17.4. The summed E-state index contributed by atoms with van der Waals surface area (Å²) in [4.78, 5) is 15.4. The van der Waals surface area contributed by atoms with Crippen molar-refractivity contribution < 1.29 is 22.7 Å². The number of ether oxygens (including phenoxy) is 1.